The van der Waals surface area contributed by atoms with E-state index < -0.39 is 5.60 Å². The van der Waals surface area contributed by atoms with E-state index in [0.717, 1.165) is 11.1 Å². The summed E-state index contributed by atoms with van der Waals surface area (Å²) in [5.41, 5.74) is 7.34. The standard InChI is InChI=1S/C14H18N4O2/c1-14(2,3)20-13(19)18-5-4-10-9(8-18)7-17-12(16)11(10)6-15/h7H,4-5,8H2,1-3H3,(H2,16,17). The van der Waals surface area contributed by atoms with Crippen molar-refractivity contribution in [1.82, 2.24) is 9.88 Å². The maximum absolute atomic E-state index is 12.0. The van der Waals surface area contributed by atoms with Gasteiger partial charge in [-0.05, 0) is 38.3 Å². The minimum atomic E-state index is -0.519. The van der Waals surface area contributed by atoms with E-state index in [1.54, 1.807) is 11.1 Å². The molecule has 106 valence electrons. The molecule has 0 saturated carbocycles. The molecule has 2 heterocycles. The van der Waals surface area contributed by atoms with Gasteiger partial charge in [0.25, 0.3) is 0 Å². The van der Waals surface area contributed by atoms with Crippen molar-refractivity contribution >= 4 is 11.9 Å². The Balaban J connectivity index is 2.21. The first-order chi connectivity index (χ1) is 9.31. The molecule has 1 aromatic heterocycles. The fourth-order valence-electron chi connectivity index (χ4n) is 2.17. The lowest BCUT2D eigenvalue weighted by molar-refractivity contribution is 0.0223. The van der Waals surface area contributed by atoms with Crippen molar-refractivity contribution in [3.8, 4) is 6.07 Å². The largest absolute Gasteiger partial charge is 0.444 e. The molecular formula is C14H18N4O2. The lowest BCUT2D eigenvalue weighted by Gasteiger charge is -2.31. The molecule has 2 N–H and O–H groups in total. The average Bonchev–Trinajstić information content (AvgIpc) is 2.36. The molecular weight excluding hydrogens is 256 g/mol. The maximum atomic E-state index is 12.0. The van der Waals surface area contributed by atoms with Gasteiger partial charge in [0.2, 0.25) is 0 Å². The molecule has 0 bridgehead atoms. The third-order valence-electron chi connectivity index (χ3n) is 3.06. The molecule has 0 atom stereocenters. The molecule has 1 amide bonds. The number of carbonyl (C=O) groups excluding carboxylic acids is 1. The number of nitrogens with zero attached hydrogens (tertiary/aromatic N) is 3. The van der Waals surface area contributed by atoms with Crippen LogP contribution in [-0.2, 0) is 17.7 Å². The maximum Gasteiger partial charge on any atom is 0.410 e. The Hall–Kier alpha value is -2.29. The Morgan fingerprint density at radius 2 is 2.25 bits per heavy atom. The molecule has 0 aromatic carbocycles. The summed E-state index contributed by atoms with van der Waals surface area (Å²) in [6.07, 6.45) is 1.87. The molecule has 0 fully saturated rings. The normalized spacial score (nSPS) is 14.4. The highest BCUT2D eigenvalue weighted by Gasteiger charge is 2.27. The summed E-state index contributed by atoms with van der Waals surface area (Å²) >= 11 is 0. The predicted molar refractivity (Wildman–Crippen MR) is 73.7 cm³/mol. The van der Waals surface area contributed by atoms with Crippen LogP contribution in [0.3, 0.4) is 0 Å². The van der Waals surface area contributed by atoms with Crippen LogP contribution in [0.2, 0.25) is 0 Å². The van der Waals surface area contributed by atoms with Crippen LogP contribution in [0, 0.1) is 11.3 Å². The van der Waals surface area contributed by atoms with E-state index >= 15 is 0 Å². The lowest BCUT2D eigenvalue weighted by Crippen LogP contribution is -2.40. The summed E-state index contributed by atoms with van der Waals surface area (Å²) in [6, 6.07) is 2.08. The van der Waals surface area contributed by atoms with E-state index in [1.165, 1.54) is 0 Å². The monoisotopic (exact) mass is 274 g/mol. The number of anilines is 1. The van der Waals surface area contributed by atoms with Crippen LogP contribution in [-0.4, -0.2) is 28.1 Å². The second-order valence-electron chi connectivity index (χ2n) is 5.79. The number of fused-ring (bicyclic) bond motifs is 1. The van der Waals surface area contributed by atoms with Crippen LogP contribution in [0.1, 0.15) is 37.5 Å². The quantitative estimate of drug-likeness (QED) is 0.779. The first-order valence-corrected chi connectivity index (χ1v) is 6.46. The van der Waals surface area contributed by atoms with Gasteiger partial charge in [0.05, 0.1) is 12.1 Å². The average molecular weight is 274 g/mol. The Kier molecular flexibility index (Phi) is 3.53. The van der Waals surface area contributed by atoms with Crippen molar-refractivity contribution in [2.24, 2.45) is 0 Å². The van der Waals surface area contributed by atoms with Gasteiger partial charge in [-0.3, -0.25) is 0 Å². The van der Waals surface area contributed by atoms with E-state index in [-0.39, 0.29) is 11.9 Å². The molecule has 0 saturated heterocycles. The number of pyridine rings is 1. The minimum absolute atomic E-state index is 0.247. The summed E-state index contributed by atoms with van der Waals surface area (Å²) < 4.78 is 5.35. The number of nitrogens with two attached hydrogens (primary N) is 1. The SMILES string of the molecule is CC(C)(C)OC(=O)N1CCc2c(cnc(N)c2C#N)C1. The number of nitrogen functional groups attached to an aromatic ring is 1. The highest BCUT2D eigenvalue weighted by Crippen LogP contribution is 2.25. The number of hydrogen-bond donors (Lipinski definition) is 1. The first kappa shape index (κ1) is 14.1. The smallest absolute Gasteiger partial charge is 0.410 e. The second kappa shape index (κ2) is 5.00. The molecule has 1 aliphatic rings. The predicted octanol–water partition coefficient (Wildman–Crippen LogP) is 1.83. The van der Waals surface area contributed by atoms with E-state index in [9.17, 15) is 4.79 Å². The van der Waals surface area contributed by atoms with Gasteiger partial charge in [0, 0.05) is 12.7 Å². The first-order valence-electron chi connectivity index (χ1n) is 6.46. The van der Waals surface area contributed by atoms with Crippen molar-refractivity contribution in [2.45, 2.75) is 39.3 Å². The summed E-state index contributed by atoms with van der Waals surface area (Å²) in [5, 5.41) is 9.13. The molecule has 0 unspecified atom stereocenters. The van der Waals surface area contributed by atoms with Gasteiger partial charge in [0.1, 0.15) is 17.5 Å². The Labute approximate surface area is 118 Å². The van der Waals surface area contributed by atoms with Crippen molar-refractivity contribution in [3.63, 3.8) is 0 Å². The zero-order valence-electron chi connectivity index (χ0n) is 11.9. The number of rotatable bonds is 0. The molecule has 6 heteroatoms. The van der Waals surface area contributed by atoms with Crippen molar-refractivity contribution < 1.29 is 9.53 Å². The van der Waals surface area contributed by atoms with Crippen LogP contribution in [0.4, 0.5) is 10.6 Å². The molecule has 2 rings (SSSR count). The van der Waals surface area contributed by atoms with Gasteiger partial charge >= 0.3 is 6.09 Å². The summed E-state index contributed by atoms with van der Waals surface area (Å²) in [5.74, 6) is 0.247. The number of amides is 1. The van der Waals surface area contributed by atoms with E-state index in [2.05, 4.69) is 11.1 Å². The van der Waals surface area contributed by atoms with Gasteiger partial charge in [-0.2, -0.15) is 5.26 Å². The summed E-state index contributed by atoms with van der Waals surface area (Å²) in [6.45, 7) is 6.41. The highest BCUT2D eigenvalue weighted by molar-refractivity contribution is 5.69. The molecule has 1 aromatic rings. The summed E-state index contributed by atoms with van der Waals surface area (Å²) in [4.78, 5) is 17.7. The second-order valence-corrected chi connectivity index (χ2v) is 5.79. The highest BCUT2D eigenvalue weighted by atomic mass is 16.6. The lowest BCUT2D eigenvalue weighted by atomic mass is 9.97. The third kappa shape index (κ3) is 2.82. The summed E-state index contributed by atoms with van der Waals surface area (Å²) in [7, 11) is 0. The van der Waals surface area contributed by atoms with Crippen LogP contribution < -0.4 is 5.73 Å². The molecule has 0 aliphatic carbocycles. The number of hydrogen-bond acceptors (Lipinski definition) is 5. The zero-order chi connectivity index (χ0) is 14.9. The van der Waals surface area contributed by atoms with Gasteiger partial charge in [0.15, 0.2) is 0 Å². The Morgan fingerprint density at radius 1 is 1.55 bits per heavy atom. The number of ether oxygens (including phenoxy) is 1. The number of nitriles is 1. The van der Waals surface area contributed by atoms with Gasteiger partial charge in [-0.1, -0.05) is 0 Å². The van der Waals surface area contributed by atoms with Crippen LogP contribution >= 0.6 is 0 Å². The third-order valence-corrected chi connectivity index (χ3v) is 3.06. The molecule has 1 aliphatic heterocycles. The van der Waals surface area contributed by atoms with Crippen molar-refractivity contribution in [1.29, 1.82) is 5.26 Å². The zero-order valence-corrected chi connectivity index (χ0v) is 11.9. The Bertz CT molecular complexity index is 584. The van der Waals surface area contributed by atoms with Gasteiger partial charge in [-0.15, -0.1) is 0 Å². The van der Waals surface area contributed by atoms with Crippen LogP contribution in [0.5, 0.6) is 0 Å². The molecule has 0 radical (unpaired) electrons. The molecule has 20 heavy (non-hydrogen) atoms. The van der Waals surface area contributed by atoms with Crippen molar-refractivity contribution in [3.05, 3.63) is 22.9 Å². The fourth-order valence-corrected chi connectivity index (χ4v) is 2.17. The molecule has 6 nitrogen and oxygen atoms in total. The van der Waals surface area contributed by atoms with E-state index in [0.29, 0.717) is 25.1 Å². The van der Waals surface area contributed by atoms with Gasteiger partial charge < -0.3 is 15.4 Å². The van der Waals surface area contributed by atoms with Crippen LogP contribution in [0.15, 0.2) is 6.20 Å². The topological polar surface area (TPSA) is 92.2 Å². The number of aromatic nitrogens is 1. The van der Waals surface area contributed by atoms with Crippen LogP contribution in [0.25, 0.3) is 0 Å². The fraction of sp³-hybridized carbons (Fsp3) is 0.500. The van der Waals surface area contributed by atoms with E-state index in [1.807, 2.05) is 20.8 Å². The number of carbonyl (C=O) groups is 1. The Morgan fingerprint density at radius 3 is 2.85 bits per heavy atom. The molecule has 0 spiro atoms. The minimum Gasteiger partial charge on any atom is -0.444 e. The van der Waals surface area contributed by atoms with E-state index in [4.69, 9.17) is 15.7 Å². The van der Waals surface area contributed by atoms with Crippen molar-refractivity contribution in [2.75, 3.05) is 12.3 Å². The van der Waals surface area contributed by atoms with Gasteiger partial charge in [-0.25, -0.2) is 9.78 Å².